The van der Waals surface area contributed by atoms with Crippen LogP contribution in [0.3, 0.4) is 0 Å². The Morgan fingerprint density at radius 1 is 0.900 bits per heavy atom. The van der Waals surface area contributed by atoms with Gasteiger partial charge < -0.3 is 9.64 Å². The Bertz CT molecular complexity index is 582. The molecule has 0 atom stereocenters. The molecule has 0 saturated heterocycles. The van der Waals surface area contributed by atoms with Gasteiger partial charge in [0.05, 0.1) is 11.4 Å². The molecule has 2 heteroatoms. The summed E-state index contributed by atoms with van der Waals surface area (Å²) in [6.45, 7) is 7.47. The highest BCUT2D eigenvalue weighted by molar-refractivity contribution is 5.78. The summed E-state index contributed by atoms with van der Waals surface area (Å²) < 4.78 is 6.11. The molecule has 2 aromatic carbocycles. The molecule has 1 heterocycles. The SMILES string of the molecule is CCCCN1c2ccc(C)cc2Oc2cc(C)ccc21. The van der Waals surface area contributed by atoms with E-state index < -0.39 is 0 Å². The lowest BCUT2D eigenvalue weighted by atomic mass is 10.1. The van der Waals surface area contributed by atoms with Crippen molar-refractivity contribution in [3.05, 3.63) is 47.5 Å². The molecule has 2 aromatic rings. The molecular formula is C18H21NO. The van der Waals surface area contributed by atoms with Crippen molar-refractivity contribution in [1.82, 2.24) is 0 Å². The Balaban J connectivity index is 2.08. The first kappa shape index (κ1) is 13.0. The number of anilines is 2. The predicted molar refractivity (Wildman–Crippen MR) is 84.3 cm³/mol. The van der Waals surface area contributed by atoms with E-state index in [2.05, 4.69) is 62.1 Å². The van der Waals surface area contributed by atoms with Crippen LogP contribution in [0.5, 0.6) is 11.5 Å². The summed E-state index contributed by atoms with van der Waals surface area (Å²) >= 11 is 0. The number of aryl methyl sites for hydroxylation is 2. The predicted octanol–water partition coefficient (Wildman–Crippen LogP) is 5.35. The molecule has 1 aliphatic rings. The van der Waals surface area contributed by atoms with Crippen LogP contribution in [0, 0.1) is 13.8 Å². The van der Waals surface area contributed by atoms with E-state index in [-0.39, 0.29) is 0 Å². The molecule has 0 aliphatic carbocycles. The highest BCUT2D eigenvalue weighted by atomic mass is 16.5. The second kappa shape index (κ2) is 5.20. The van der Waals surface area contributed by atoms with Gasteiger partial charge in [0.2, 0.25) is 0 Å². The van der Waals surface area contributed by atoms with Gasteiger partial charge in [-0.2, -0.15) is 0 Å². The largest absolute Gasteiger partial charge is 0.453 e. The Kier molecular flexibility index (Phi) is 3.39. The van der Waals surface area contributed by atoms with Crippen LogP contribution in [0.25, 0.3) is 0 Å². The minimum Gasteiger partial charge on any atom is -0.453 e. The summed E-state index contributed by atoms with van der Waals surface area (Å²) in [5.41, 5.74) is 4.83. The van der Waals surface area contributed by atoms with Crippen molar-refractivity contribution in [1.29, 1.82) is 0 Å². The van der Waals surface area contributed by atoms with Gasteiger partial charge in [-0.05, 0) is 55.7 Å². The number of hydrogen-bond donors (Lipinski definition) is 0. The van der Waals surface area contributed by atoms with Gasteiger partial charge in [-0.15, -0.1) is 0 Å². The van der Waals surface area contributed by atoms with Crippen molar-refractivity contribution < 1.29 is 4.74 Å². The lowest BCUT2D eigenvalue weighted by molar-refractivity contribution is 0.471. The molecule has 1 aliphatic heterocycles. The Morgan fingerprint density at radius 2 is 1.45 bits per heavy atom. The van der Waals surface area contributed by atoms with Gasteiger partial charge in [0.15, 0.2) is 11.5 Å². The lowest BCUT2D eigenvalue weighted by Gasteiger charge is -2.33. The van der Waals surface area contributed by atoms with Crippen molar-refractivity contribution >= 4 is 11.4 Å². The molecule has 20 heavy (non-hydrogen) atoms. The topological polar surface area (TPSA) is 12.5 Å². The van der Waals surface area contributed by atoms with E-state index >= 15 is 0 Å². The summed E-state index contributed by atoms with van der Waals surface area (Å²) in [6.07, 6.45) is 2.38. The monoisotopic (exact) mass is 267 g/mol. The average Bonchev–Trinajstić information content (AvgIpc) is 2.43. The van der Waals surface area contributed by atoms with E-state index in [1.807, 2.05) is 0 Å². The fraction of sp³-hybridized carbons (Fsp3) is 0.333. The molecule has 0 N–H and O–H groups in total. The second-order valence-corrected chi connectivity index (χ2v) is 5.55. The Labute approximate surface area is 121 Å². The van der Waals surface area contributed by atoms with Gasteiger partial charge in [0.1, 0.15) is 0 Å². The zero-order chi connectivity index (χ0) is 14.1. The molecular weight excluding hydrogens is 246 g/mol. The van der Waals surface area contributed by atoms with E-state index in [1.165, 1.54) is 35.3 Å². The summed E-state index contributed by atoms with van der Waals surface area (Å²) in [7, 11) is 0. The maximum atomic E-state index is 6.11. The first-order valence-electron chi connectivity index (χ1n) is 7.35. The van der Waals surface area contributed by atoms with Crippen molar-refractivity contribution in [2.24, 2.45) is 0 Å². The summed E-state index contributed by atoms with van der Waals surface area (Å²) in [6, 6.07) is 12.9. The lowest BCUT2D eigenvalue weighted by Crippen LogP contribution is -2.22. The number of unbranched alkanes of at least 4 members (excludes halogenated alkanes) is 1. The number of rotatable bonds is 3. The highest BCUT2D eigenvalue weighted by Crippen LogP contribution is 2.47. The molecule has 0 bridgehead atoms. The summed E-state index contributed by atoms with van der Waals surface area (Å²) in [4.78, 5) is 2.39. The van der Waals surface area contributed by atoms with Gasteiger partial charge in [0, 0.05) is 6.54 Å². The molecule has 104 valence electrons. The van der Waals surface area contributed by atoms with Gasteiger partial charge in [-0.3, -0.25) is 0 Å². The van der Waals surface area contributed by atoms with E-state index in [0.29, 0.717) is 0 Å². The van der Waals surface area contributed by atoms with Crippen LogP contribution >= 0.6 is 0 Å². The minimum atomic E-state index is 0.971. The van der Waals surface area contributed by atoms with E-state index in [9.17, 15) is 0 Å². The highest BCUT2D eigenvalue weighted by Gasteiger charge is 2.23. The van der Waals surface area contributed by atoms with Crippen LogP contribution in [0.2, 0.25) is 0 Å². The standard InChI is InChI=1S/C18H21NO/c1-4-5-10-19-15-8-6-13(2)11-17(15)20-18-12-14(3)7-9-16(18)19/h6-9,11-12H,4-5,10H2,1-3H3. The molecule has 0 amide bonds. The maximum Gasteiger partial charge on any atom is 0.151 e. The molecule has 0 radical (unpaired) electrons. The van der Waals surface area contributed by atoms with E-state index in [4.69, 9.17) is 4.74 Å². The van der Waals surface area contributed by atoms with Crippen LogP contribution in [0.4, 0.5) is 11.4 Å². The van der Waals surface area contributed by atoms with Gasteiger partial charge in [-0.25, -0.2) is 0 Å². The van der Waals surface area contributed by atoms with Crippen LogP contribution in [0.15, 0.2) is 36.4 Å². The molecule has 3 rings (SSSR count). The van der Waals surface area contributed by atoms with Crippen molar-refractivity contribution in [3.63, 3.8) is 0 Å². The number of fused-ring (bicyclic) bond motifs is 2. The van der Waals surface area contributed by atoms with Crippen molar-refractivity contribution in [2.75, 3.05) is 11.4 Å². The molecule has 2 nitrogen and oxygen atoms in total. The Hall–Kier alpha value is -1.96. The Morgan fingerprint density at radius 3 is 1.95 bits per heavy atom. The van der Waals surface area contributed by atoms with Gasteiger partial charge >= 0.3 is 0 Å². The third-order valence-corrected chi connectivity index (χ3v) is 3.77. The quantitative estimate of drug-likeness (QED) is 0.743. The first-order valence-corrected chi connectivity index (χ1v) is 7.35. The number of nitrogens with zero attached hydrogens (tertiary/aromatic N) is 1. The van der Waals surface area contributed by atoms with Crippen molar-refractivity contribution in [2.45, 2.75) is 33.6 Å². The summed E-state index contributed by atoms with van der Waals surface area (Å²) in [5, 5.41) is 0. The van der Waals surface area contributed by atoms with E-state index in [0.717, 1.165) is 18.0 Å². The van der Waals surface area contributed by atoms with Crippen LogP contribution in [-0.2, 0) is 0 Å². The average molecular weight is 267 g/mol. The fourth-order valence-electron chi connectivity index (χ4n) is 2.66. The van der Waals surface area contributed by atoms with Crippen LogP contribution < -0.4 is 9.64 Å². The van der Waals surface area contributed by atoms with Gasteiger partial charge in [-0.1, -0.05) is 25.5 Å². The smallest absolute Gasteiger partial charge is 0.151 e. The molecule has 0 spiro atoms. The molecule has 0 unspecified atom stereocenters. The van der Waals surface area contributed by atoms with Crippen molar-refractivity contribution in [3.8, 4) is 11.5 Å². The third-order valence-electron chi connectivity index (χ3n) is 3.77. The number of hydrogen-bond acceptors (Lipinski definition) is 2. The first-order chi connectivity index (χ1) is 9.69. The normalized spacial score (nSPS) is 12.7. The van der Waals surface area contributed by atoms with E-state index in [1.54, 1.807) is 0 Å². The second-order valence-electron chi connectivity index (χ2n) is 5.55. The fourth-order valence-corrected chi connectivity index (χ4v) is 2.66. The van der Waals surface area contributed by atoms with Crippen LogP contribution in [-0.4, -0.2) is 6.54 Å². The van der Waals surface area contributed by atoms with Gasteiger partial charge in [0.25, 0.3) is 0 Å². The third kappa shape index (κ3) is 2.26. The zero-order valence-corrected chi connectivity index (χ0v) is 12.4. The molecule has 0 saturated carbocycles. The summed E-state index contributed by atoms with van der Waals surface area (Å²) in [5.74, 6) is 1.94. The molecule has 0 aromatic heterocycles. The molecule has 0 fully saturated rings. The minimum absolute atomic E-state index is 0.971. The number of benzene rings is 2. The van der Waals surface area contributed by atoms with Crippen LogP contribution in [0.1, 0.15) is 30.9 Å². The zero-order valence-electron chi connectivity index (χ0n) is 12.4. The number of ether oxygens (including phenoxy) is 1. The maximum absolute atomic E-state index is 6.11.